The summed E-state index contributed by atoms with van der Waals surface area (Å²) in [6.07, 6.45) is 0.975. The van der Waals surface area contributed by atoms with Crippen molar-refractivity contribution in [1.29, 1.82) is 10.5 Å². The summed E-state index contributed by atoms with van der Waals surface area (Å²) in [6, 6.07) is 60.4. The zero-order valence-electron chi connectivity index (χ0n) is 38.0. The average molecular weight is 926 g/mol. The van der Waals surface area contributed by atoms with Crippen LogP contribution in [0, 0.1) is 29.6 Å². The molecule has 11 rings (SSSR count). The molecule has 8 aromatic carbocycles. The highest BCUT2D eigenvalue weighted by molar-refractivity contribution is 6.11. The van der Waals surface area contributed by atoms with Crippen molar-refractivity contribution in [1.82, 2.24) is 24.1 Å². The smallest absolute Gasteiger partial charge is 0.309 e. The van der Waals surface area contributed by atoms with Gasteiger partial charge in [0.1, 0.15) is 0 Å². The monoisotopic (exact) mass is 925 g/mol. The maximum atomic E-state index is 14.8. The second-order valence-electron chi connectivity index (χ2n) is 17.0. The van der Waals surface area contributed by atoms with Crippen LogP contribution in [0.2, 0.25) is 0 Å². The molecule has 7 nitrogen and oxygen atoms in total. The third-order valence-corrected chi connectivity index (χ3v) is 12.9. The van der Waals surface area contributed by atoms with Gasteiger partial charge in [-0.2, -0.15) is 23.7 Å². The number of rotatable bonds is 9. The lowest BCUT2D eigenvalue weighted by atomic mass is 9.94. The van der Waals surface area contributed by atoms with E-state index in [1.807, 2.05) is 126 Å². The maximum Gasteiger partial charge on any atom is 0.417 e. The van der Waals surface area contributed by atoms with E-state index in [2.05, 4.69) is 66.6 Å². The molecule has 0 spiro atoms. The molecule has 11 aromatic rings. The van der Waals surface area contributed by atoms with Crippen LogP contribution in [0.3, 0.4) is 0 Å². The van der Waals surface area contributed by atoms with Crippen LogP contribution in [0.4, 0.5) is 13.2 Å². The van der Waals surface area contributed by atoms with Crippen molar-refractivity contribution in [2.75, 3.05) is 0 Å². The molecule has 0 saturated heterocycles. The summed E-state index contributed by atoms with van der Waals surface area (Å²) >= 11 is 0. The Bertz CT molecular complexity index is 3980. The van der Waals surface area contributed by atoms with Crippen molar-refractivity contribution in [2.45, 2.75) is 13.1 Å². The minimum atomic E-state index is -4.78. The molecule has 0 bridgehead atoms. The first-order valence-electron chi connectivity index (χ1n) is 22.7. The standard InChI is InChI=1S/C61H38F3N7/c1-3-4-21-52-38(2)45-19-11-13-22-53(45)70(52)57-31-27-44(35-50(57)60-68-58(41-15-7-5-8-16-41)67-59(69-60)42-17-9-6-10-18-42)43-26-30-56-49(34-43)47-20-12-14-23-54(47)71(56)55-29-25-39(36-65)32-48(55)46-28-24-40(37-66)33-51(46)61(62,63)64/h3-35H,1H2,2H3/b21-4-. The van der Waals surface area contributed by atoms with E-state index in [1.165, 1.54) is 18.2 Å². The number of nitrogens with zero attached hydrogens (tertiary/aromatic N) is 7. The summed E-state index contributed by atoms with van der Waals surface area (Å²) in [5.74, 6) is 1.51. The quantitative estimate of drug-likeness (QED) is 0.134. The van der Waals surface area contributed by atoms with Gasteiger partial charge in [-0.1, -0.05) is 134 Å². The third-order valence-electron chi connectivity index (χ3n) is 12.9. The topological polar surface area (TPSA) is 96.1 Å². The van der Waals surface area contributed by atoms with Crippen LogP contribution >= 0.6 is 0 Å². The molecule has 338 valence electrons. The van der Waals surface area contributed by atoms with Gasteiger partial charge in [0.2, 0.25) is 0 Å². The Labute approximate surface area is 406 Å². The van der Waals surface area contributed by atoms with Gasteiger partial charge in [-0.3, -0.25) is 0 Å². The number of hydrogen-bond donors (Lipinski definition) is 0. The zero-order valence-corrected chi connectivity index (χ0v) is 38.0. The first-order valence-corrected chi connectivity index (χ1v) is 22.7. The molecule has 3 aromatic heterocycles. The summed E-state index contributed by atoms with van der Waals surface area (Å²) in [4.78, 5) is 15.5. The van der Waals surface area contributed by atoms with Crippen molar-refractivity contribution in [3.63, 3.8) is 0 Å². The van der Waals surface area contributed by atoms with Crippen molar-refractivity contribution in [3.05, 3.63) is 229 Å². The van der Waals surface area contributed by atoms with Gasteiger partial charge in [0, 0.05) is 44.1 Å². The number of hydrogen-bond acceptors (Lipinski definition) is 5. The second-order valence-corrected chi connectivity index (χ2v) is 17.0. The highest BCUT2D eigenvalue weighted by Gasteiger charge is 2.35. The molecule has 0 unspecified atom stereocenters. The Morgan fingerprint density at radius 3 is 1.69 bits per heavy atom. The van der Waals surface area contributed by atoms with Gasteiger partial charge in [-0.15, -0.1) is 0 Å². The van der Waals surface area contributed by atoms with Crippen molar-refractivity contribution >= 4 is 38.8 Å². The van der Waals surface area contributed by atoms with E-state index < -0.39 is 11.7 Å². The van der Waals surface area contributed by atoms with Gasteiger partial charge in [-0.25, -0.2) is 15.0 Å². The number of benzene rings is 8. The lowest BCUT2D eigenvalue weighted by molar-refractivity contribution is -0.137. The normalized spacial score (nSPS) is 11.6. The molecular formula is C61H38F3N7. The lowest BCUT2D eigenvalue weighted by Gasteiger charge is -2.19. The van der Waals surface area contributed by atoms with E-state index in [1.54, 1.807) is 18.2 Å². The summed E-state index contributed by atoms with van der Waals surface area (Å²) in [7, 11) is 0. The molecule has 0 aliphatic heterocycles. The fourth-order valence-electron chi connectivity index (χ4n) is 9.57. The van der Waals surface area contributed by atoms with Crippen LogP contribution in [0.25, 0.3) is 107 Å². The van der Waals surface area contributed by atoms with Gasteiger partial charge in [0.15, 0.2) is 17.5 Å². The Morgan fingerprint density at radius 2 is 1.03 bits per heavy atom. The predicted molar refractivity (Wildman–Crippen MR) is 277 cm³/mol. The molecule has 0 fully saturated rings. The molecule has 0 amide bonds. The van der Waals surface area contributed by atoms with Gasteiger partial charge >= 0.3 is 6.18 Å². The van der Waals surface area contributed by atoms with Crippen LogP contribution in [-0.2, 0) is 6.18 Å². The number of fused-ring (bicyclic) bond motifs is 4. The Balaban J connectivity index is 1.16. The Hall–Kier alpha value is -9.64. The minimum Gasteiger partial charge on any atom is -0.309 e. The average Bonchev–Trinajstić information content (AvgIpc) is 3.90. The first kappa shape index (κ1) is 43.9. The number of halogens is 3. The van der Waals surface area contributed by atoms with Crippen LogP contribution in [0.5, 0.6) is 0 Å². The maximum absolute atomic E-state index is 14.8. The number of aryl methyl sites for hydroxylation is 1. The summed E-state index contributed by atoms with van der Waals surface area (Å²) in [5, 5.41) is 22.4. The second kappa shape index (κ2) is 17.8. The van der Waals surface area contributed by atoms with Crippen LogP contribution in [0.1, 0.15) is 27.9 Å². The first-order chi connectivity index (χ1) is 34.6. The fraction of sp³-hybridized carbons (Fsp3) is 0.0328. The Kier molecular flexibility index (Phi) is 11.0. The SMILES string of the molecule is C=C/C=C\c1c(C)c2ccccc2n1-c1ccc(-c2ccc3c(c2)c2ccccc2n3-c2ccc(C#N)cc2-c2ccc(C#N)cc2C(F)(F)F)cc1-c1nc(-c2ccccc2)nc(-c2ccccc2)n1. The van der Waals surface area contributed by atoms with E-state index in [-0.39, 0.29) is 22.3 Å². The molecule has 0 N–H and O–H groups in total. The van der Waals surface area contributed by atoms with Crippen LogP contribution in [-0.4, -0.2) is 24.1 Å². The molecule has 0 radical (unpaired) electrons. The van der Waals surface area contributed by atoms with Gasteiger partial charge < -0.3 is 9.13 Å². The number of aromatic nitrogens is 5. The number of alkyl halides is 3. The van der Waals surface area contributed by atoms with Gasteiger partial charge in [0.05, 0.1) is 56.8 Å². The third kappa shape index (κ3) is 7.80. The lowest BCUT2D eigenvalue weighted by Crippen LogP contribution is -2.09. The highest BCUT2D eigenvalue weighted by Crippen LogP contribution is 2.44. The summed E-state index contributed by atoms with van der Waals surface area (Å²) < 4.78 is 48.6. The largest absolute Gasteiger partial charge is 0.417 e. The van der Waals surface area contributed by atoms with Crippen LogP contribution < -0.4 is 0 Å². The predicted octanol–water partition coefficient (Wildman–Crippen LogP) is 15.5. The van der Waals surface area contributed by atoms with E-state index in [0.717, 1.165) is 83.5 Å². The molecule has 0 aliphatic carbocycles. The number of allylic oxidation sites excluding steroid dienone is 2. The number of nitriles is 2. The zero-order chi connectivity index (χ0) is 48.8. The van der Waals surface area contributed by atoms with E-state index in [4.69, 9.17) is 15.0 Å². The van der Waals surface area contributed by atoms with Gasteiger partial charge in [-0.05, 0) is 102 Å². The van der Waals surface area contributed by atoms with E-state index in [9.17, 15) is 23.7 Å². The Morgan fingerprint density at radius 1 is 0.493 bits per heavy atom. The molecule has 71 heavy (non-hydrogen) atoms. The minimum absolute atomic E-state index is 0.120. The van der Waals surface area contributed by atoms with Crippen molar-refractivity contribution in [3.8, 4) is 79.9 Å². The van der Waals surface area contributed by atoms with Crippen LogP contribution in [0.15, 0.2) is 201 Å². The fourth-order valence-corrected chi connectivity index (χ4v) is 9.57. The summed E-state index contributed by atoms with van der Waals surface area (Å²) in [6.45, 7) is 6.08. The van der Waals surface area contributed by atoms with Crippen molar-refractivity contribution in [2.24, 2.45) is 0 Å². The molecule has 3 heterocycles. The molecule has 0 saturated carbocycles. The molecule has 0 aliphatic rings. The molecule has 0 atom stereocenters. The summed E-state index contributed by atoms with van der Waals surface area (Å²) in [5.41, 5.74) is 9.19. The molecule has 10 heteroatoms. The van der Waals surface area contributed by atoms with E-state index >= 15 is 0 Å². The number of para-hydroxylation sites is 2. The van der Waals surface area contributed by atoms with E-state index in [0.29, 0.717) is 23.2 Å². The van der Waals surface area contributed by atoms with Crippen molar-refractivity contribution < 1.29 is 13.2 Å². The van der Waals surface area contributed by atoms with Gasteiger partial charge in [0.25, 0.3) is 0 Å². The highest BCUT2D eigenvalue weighted by atomic mass is 19.4. The molecular weight excluding hydrogens is 888 g/mol.